The lowest BCUT2D eigenvalue weighted by molar-refractivity contribution is -0.116. The first kappa shape index (κ1) is 20.1. The van der Waals surface area contributed by atoms with Crippen LogP contribution in [0, 0.1) is 0 Å². The lowest BCUT2D eigenvalue weighted by atomic mass is 9.90. The number of rotatable bonds is 5. The third-order valence-corrected chi connectivity index (χ3v) is 5.20. The van der Waals surface area contributed by atoms with Crippen molar-refractivity contribution in [3.05, 3.63) is 53.6 Å². The molecule has 7 heteroatoms. The van der Waals surface area contributed by atoms with Gasteiger partial charge in [0, 0.05) is 37.5 Å². The van der Waals surface area contributed by atoms with Gasteiger partial charge in [-0.3, -0.25) is 4.79 Å². The van der Waals surface area contributed by atoms with Gasteiger partial charge in [0.05, 0.1) is 19.8 Å². The van der Waals surface area contributed by atoms with E-state index in [1.807, 2.05) is 43.3 Å². The smallest absolute Gasteiger partial charge is 0.225 e. The zero-order valence-electron chi connectivity index (χ0n) is 17.2. The largest absolute Gasteiger partial charge is 0.490 e. The Balaban J connectivity index is 1.42. The lowest BCUT2D eigenvalue weighted by Crippen LogP contribution is -2.40. The van der Waals surface area contributed by atoms with E-state index in [2.05, 4.69) is 22.0 Å². The maximum Gasteiger partial charge on any atom is 0.225 e. The van der Waals surface area contributed by atoms with Gasteiger partial charge in [-0.25, -0.2) is 4.99 Å². The third kappa shape index (κ3) is 4.84. The molecule has 2 heterocycles. The molecule has 1 atom stereocenters. The van der Waals surface area contributed by atoms with Crippen LogP contribution in [0.4, 0.5) is 5.69 Å². The maximum absolute atomic E-state index is 12.1. The van der Waals surface area contributed by atoms with Crippen LogP contribution < -0.4 is 25.4 Å². The van der Waals surface area contributed by atoms with E-state index in [4.69, 9.17) is 14.5 Å². The Hall–Kier alpha value is -3.22. The molecule has 2 aliphatic heterocycles. The van der Waals surface area contributed by atoms with E-state index in [1.165, 1.54) is 0 Å². The van der Waals surface area contributed by atoms with Crippen LogP contribution in [0.1, 0.15) is 36.8 Å². The molecule has 0 saturated carbocycles. The van der Waals surface area contributed by atoms with Gasteiger partial charge in [-0.2, -0.15) is 0 Å². The molecule has 0 spiro atoms. The van der Waals surface area contributed by atoms with Crippen molar-refractivity contribution in [1.29, 1.82) is 0 Å². The molecule has 2 aromatic carbocycles. The Morgan fingerprint density at radius 3 is 2.83 bits per heavy atom. The molecule has 0 bridgehead atoms. The number of carbonyl (C=O) groups is 1. The van der Waals surface area contributed by atoms with Crippen LogP contribution in [0.25, 0.3) is 0 Å². The first-order chi connectivity index (χ1) is 14.7. The van der Waals surface area contributed by atoms with Crippen molar-refractivity contribution in [2.45, 2.75) is 32.2 Å². The first-order valence-corrected chi connectivity index (χ1v) is 10.5. The summed E-state index contributed by atoms with van der Waals surface area (Å²) in [4.78, 5) is 16.8. The van der Waals surface area contributed by atoms with Crippen LogP contribution in [0.5, 0.6) is 11.5 Å². The second-order valence-corrected chi connectivity index (χ2v) is 7.44. The molecule has 1 unspecified atom stereocenters. The summed E-state index contributed by atoms with van der Waals surface area (Å²) in [5.41, 5.74) is 3.11. The van der Waals surface area contributed by atoms with Gasteiger partial charge in [0.1, 0.15) is 0 Å². The van der Waals surface area contributed by atoms with Gasteiger partial charge in [0.15, 0.2) is 17.5 Å². The van der Waals surface area contributed by atoms with Gasteiger partial charge in [-0.15, -0.1) is 0 Å². The SMILES string of the molecule is CCNC(=NCc1ccc2c(c1)OCCCO2)NCC1CC(=O)Nc2ccccc21. The summed E-state index contributed by atoms with van der Waals surface area (Å²) in [5, 5.41) is 9.62. The van der Waals surface area contributed by atoms with E-state index >= 15 is 0 Å². The molecule has 0 radical (unpaired) electrons. The maximum atomic E-state index is 12.1. The molecular formula is C23H28N4O3. The normalized spacial score (nSPS) is 18.1. The Bertz CT molecular complexity index is 928. The number of nitrogens with one attached hydrogen (secondary N) is 3. The average molecular weight is 409 g/mol. The molecule has 2 aliphatic rings. The van der Waals surface area contributed by atoms with Crippen molar-refractivity contribution in [2.24, 2.45) is 4.99 Å². The Kier molecular flexibility index (Phi) is 6.37. The number of benzene rings is 2. The summed E-state index contributed by atoms with van der Waals surface area (Å²) >= 11 is 0. The zero-order valence-corrected chi connectivity index (χ0v) is 17.2. The second kappa shape index (κ2) is 9.52. The third-order valence-electron chi connectivity index (χ3n) is 5.20. The predicted octanol–water partition coefficient (Wildman–Crippen LogP) is 3.03. The highest BCUT2D eigenvalue weighted by atomic mass is 16.5. The molecule has 0 aromatic heterocycles. The van der Waals surface area contributed by atoms with Crippen molar-refractivity contribution in [3.63, 3.8) is 0 Å². The number of carbonyl (C=O) groups excluding carboxylic acids is 1. The van der Waals surface area contributed by atoms with E-state index in [1.54, 1.807) is 0 Å². The van der Waals surface area contributed by atoms with E-state index in [9.17, 15) is 4.79 Å². The molecule has 0 saturated heterocycles. The van der Waals surface area contributed by atoms with Gasteiger partial charge < -0.3 is 25.4 Å². The van der Waals surface area contributed by atoms with Crippen molar-refractivity contribution < 1.29 is 14.3 Å². The quantitative estimate of drug-likeness (QED) is 0.523. The summed E-state index contributed by atoms with van der Waals surface area (Å²) in [5.74, 6) is 2.46. The Morgan fingerprint density at radius 1 is 1.13 bits per heavy atom. The molecule has 3 N–H and O–H groups in total. The fourth-order valence-electron chi connectivity index (χ4n) is 3.72. The van der Waals surface area contributed by atoms with Gasteiger partial charge in [-0.1, -0.05) is 24.3 Å². The summed E-state index contributed by atoms with van der Waals surface area (Å²) in [6.45, 7) is 5.30. The number of para-hydroxylation sites is 1. The predicted molar refractivity (Wildman–Crippen MR) is 117 cm³/mol. The second-order valence-electron chi connectivity index (χ2n) is 7.44. The number of fused-ring (bicyclic) bond motifs is 2. The average Bonchev–Trinajstić information content (AvgIpc) is 3.00. The van der Waals surface area contributed by atoms with Gasteiger partial charge in [-0.05, 0) is 36.2 Å². The highest BCUT2D eigenvalue weighted by Gasteiger charge is 2.24. The zero-order chi connectivity index (χ0) is 20.8. The van der Waals surface area contributed by atoms with E-state index in [-0.39, 0.29) is 11.8 Å². The van der Waals surface area contributed by atoms with Crippen molar-refractivity contribution in [1.82, 2.24) is 10.6 Å². The molecular weight excluding hydrogens is 380 g/mol. The van der Waals surface area contributed by atoms with Crippen molar-refractivity contribution >= 4 is 17.6 Å². The molecule has 4 rings (SSSR count). The van der Waals surface area contributed by atoms with Crippen LogP contribution >= 0.6 is 0 Å². The Labute approximate surface area is 176 Å². The van der Waals surface area contributed by atoms with Crippen LogP contribution in [0.2, 0.25) is 0 Å². The highest BCUT2D eigenvalue weighted by Crippen LogP contribution is 2.32. The van der Waals surface area contributed by atoms with Crippen LogP contribution in [0.3, 0.4) is 0 Å². The monoisotopic (exact) mass is 408 g/mol. The molecule has 158 valence electrons. The standard InChI is InChI=1S/C23H28N4O3/c1-2-24-23(25-14-16-8-9-20-21(12-16)30-11-5-10-29-20)26-15-17-13-22(28)27-19-7-4-3-6-18(17)19/h3-4,6-9,12,17H,2,5,10-11,13-15H2,1H3,(H,27,28)(H2,24,25,26). The summed E-state index contributed by atoms with van der Waals surface area (Å²) < 4.78 is 11.5. The van der Waals surface area contributed by atoms with Gasteiger partial charge >= 0.3 is 0 Å². The van der Waals surface area contributed by atoms with E-state index < -0.39 is 0 Å². The summed E-state index contributed by atoms with van der Waals surface area (Å²) in [6, 6.07) is 13.9. The molecule has 30 heavy (non-hydrogen) atoms. The number of hydrogen-bond acceptors (Lipinski definition) is 4. The minimum Gasteiger partial charge on any atom is -0.490 e. The first-order valence-electron chi connectivity index (χ1n) is 10.5. The van der Waals surface area contributed by atoms with Crippen LogP contribution in [-0.4, -0.2) is 38.2 Å². The van der Waals surface area contributed by atoms with Crippen molar-refractivity contribution in [2.75, 3.05) is 31.6 Å². The fraction of sp³-hybridized carbons (Fsp3) is 0.391. The molecule has 0 aliphatic carbocycles. The number of ether oxygens (including phenoxy) is 2. The number of hydrogen-bond donors (Lipinski definition) is 3. The Morgan fingerprint density at radius 2 is 1.97 bits per heavy atom. The molecule has 2 aromatic rings. The molecule has 1 amide bonds. The molecule has 7 nitrogen and oxygen atoms in total. The van der Waals surface area contributed by atoms with Crippen LogP contribution in [-0.2, 0) is 11.3 Å². The summed E-state index contributed by atoms with van der Waals surface area (Å²) in [7, 11) is 0. The number of nitrogens with zero attached hydrogens (tertiary/aromatic N) is 1. The lowest BCUT2D eigenvalue weighted by Gasteiger charge is -2.26. The fourth-order valence-corrected chi connectivity index (χ4v) is 3.72. The number of guanidine groups is 1. The van der Waals surface area contributed by atoms with E-state index in [0.29, 0.717) is 32.7 Å². The van der Waals surface area contributed by atoms with Crippen molar-refractivity contribution in [3.8, 4) is 11.5 Å². The van der Waals surface area contributed by atoms with E-state index in [0.717, 1.165) is 47.2 Å². The topological polar surface area (TPSA) is 84.0 Å². The van der Waals surface area contributed by atoms with Gasteiger partial charge in [0.25, 0.3) is 0 Å². The molecule has 0 fully saturated rings. The van der Waals surface area contributed by atoms with Crippen LogP contribution in [0.15, 0.2) is 47.5 Å². The summed E-state index contributed by atoms with van der Waals surface area (Å²) in [6.07, 6.45) is 1.35. The number of amides is 1. The minimum atomic E-state index is 0.0506. The number of aliphatic imine (C=N–C) groups is 1. The highest BCUT2D eigenvalue weighted by molar-refractivity contribution is 5.94. The van der Waals surface area contributed by atoms with Gasteiger partial charge in [0.2, 0.25) is 5.91 Å². The minimum absolute atomic E-state index is 0.0506. The number of anilines is 1.